The highest BCUT2D eigenvalue weighted by Gasteiger charge is 2.42. The molecule has 1 unspecified atom stereocenters. The molecule has 4 nitrogen and oxygen atoms in total. The lowest BCUT2D eigenvalue weighted by Gasteiger charge is -2.38. The van der Waals surface area contributed by atoms with Crippen molar-refractivity contribution in [1.82, 2.24) is 4.90 Å². The van der Waals surface area contributed by atoms with Gasteiger partial charge in [0, 0.05) is 19.0 Å². The standard InChI is InChI=1S/C15H25NO3/c1-12-7-3-6-10-16(12)13(17)11-15(14(18)19)8-4-2-5-9-15/h12H,2-11H2,1H3,(H,18,19). The summed E-state index contributed by atoms with van der Waals surface area (Å²) in [6.07, 6.45) is 7.78. The Kier molecular flexibility index (Phi) is 4.48. The second kappa shape index (κ2) is 5.93. The van der Waals surface area contributed by atoms with Crippen LogP contribution in [0.5, 0.6) is 0 Å². The Morgan fingerprint density at radius 3 is 2.42 bits per heavy atom. The minimum Gasteiger partial charge on any atom is -0.481 e. The van der Waals surface area contributed by atoms with Crippen LogP contribution >= 0.6 is 0 Å². The SMILES string of the molecule is CC1CCCCN1C(=O)CC1(C(=O)O)CCCCC1. The van der Waals surface area contributed by atoms with Crippen molar-refractivity contribution < 1.29 is 14.7 Å². The summed E-state index contributed by atoms with van der Waals surface area (Å²) in [7, 11) is 0. The van der Waals surface area contributed by atoms with Gasteiger partial charge in [-0.05, 0) is 39.0 Å². The molecule has 19 heavy (non-hydrogen) atoms. The molecule has 2 aliphatic rings. The van der Waals surface area contributed by atoms with Crippen molar-refractivity contribution in [3.05, 3.63) is 0 Å². The van der Waals surface area contributed by atoms with Gasteiger partial charge in [-0.1, -0.05) is 19.3 Å². The van der Waals surface area contributed by atoms with E-state index < -0.39 is 11.4 Å². The number of rotatable bonds is 3. The van der Waals surface area contributed by atoms with E-state index in [1.54, 1.807) is 0 Å². The van der Waals surface area contributed by atoms with Crippen LogP contribution < -0.4 is 0 Å². The first kappa shape index (κ1) is 14.4. The molecule has 1 saturated carbocycles. The van der Waals surface area contributed by atoms with Crippen molar-refractivity contribution in [2.24, 2.45) is 5.41 Å². The fourth-order valence-corrected chi connectivity index (χ4v) is 3.55. The first-order valence-corrected chi connectivity index (χ1v) is 7.58. The van der Waals surface area contributed by atoms with Crippen LogP contribution in [0.25, 0.3) is 0 Å². The first-order valence-electron chi connectivity index (χ1n) is 7.58. The van der Waals surface area contributed by atoms with E-state index in [2.05, 4.69) is 6.92 Å². The molecule has 2 rings (SSSR count). The van der Waals surface area contributed by atoms with Gasteiger partial charge in [-0.2, -0.15) is 0 Å². The third-order valence-corrected chi connectivity index (χ3v) is 4.88. The van der Waals surface area contributed by atoms with Gasteiger partial charge in [0.2, 0.25) is 5.91 Å². The lowest BCUT2D eigenvalue weighted by Crippen LogP contribution is -2.46. The third-order valence-electron chi connectivity index (χ3n) is 4.88. The molecule has 0 radical (unpaired) electrons. The van der Waals surface area contributed by atoms with Crippen molar-refractivity contribution in [2.75, 3.05) is 6.54 Å². The van der Waals surface area contributed by atoms with Crippen molar-refractivity contribution in [2.45, 2.75) is 70.8 Å². The highest BCUT2D eigenvalue weighted by Crippen LogP contribution is 2.40. The Morgan fingerprint density at radius 2 is 1.84 bits per heavy atom. The molecule has 1 atom stereocenters. The molecule has 108 valence electrons. The lowest BCUT2D eigenvalue weighted by molar-refractivity contribution is -0.156. The molecular weight excluding hydrogens is 242 g/mol. The number of piperidine rings is 1. The van der Waals surface area contributed by atoms with Crippen molar-refractivity contribution in [1.29, 1.82) is 0 Å². The number of carbonyl (C=O) groups excluding carboxylic acids is 1. The summed E-state index contributed by atoms with van der Waals surface area (Å²) >= 11 is 0. The molecule has 0 aromatic heterocycles. The van der Waals surface area contributed by atoms with Crippen molar-refractivity contribution >= 4 is 11.9 Å². The summed E-state index contributed by atoms with van der Waals surface area (Å²) in [4.78, 5) is 26.0. The summed E-state index contributed by atoms with van der Waals surface area (Å²) in [6, 6.07) is 0.274. The van der Waals surface area contributed by atoms with Gasteiger partial charge in [-0.3, -0.25) is 9.59 Å². The summed E-state index contributed by atoms with van der Waals surface area (Å²) in [5.74, 6) is -0.721. The Balaban J connectivity index is 2.04. The number of carboxylic acids is 1. The quantitative estimate of drug-likeness (QED) is 0.855. The van der Waals surface area contributed by atoms with Crippen molar-refractivity contribution in [3.8, 4) is 0 Å². The molecule has 1 saturated heterocycles. The smallest absolute Gasteiger partial charge is 0.310 e. The Morgan fingerprint density at radius 1 is 1.16 bits per heavy atom. The maximum Gasteiger partial charge on any atom is 0.310 e. The van der Waals surface area contributed by atoms with Crippen LogP contribution in [0.1, 0.15) is 64.7 Å². The van der Waals surface area contributed by atoms with Gasteiger partial charge in [-0.15, -0.1) is 0 Å². The molecule has 0 aromatic carbocycles. The number of nitrogens with zero attached hydrogens (tertiary/aromatic N) is 1. The second-order valence-corrected chi connectivity index (χ2v) is 6.25. The molecule has 1 aliphatic carbocycles. The number of amides is 1. The summed E-state index contributed by atoms with van der Waals surface area (Å²) < 4.78 is 0. The van der Waals surface area contributed by atoms with Crippen LogP contribution in [0, 0.1) is 5.41 Å². The molecule has 1 amide bonds. The molecule has 0 aromatic rings. The van der Waals surface area contributed by atoms with E-state index in [9.17, 15) is 14.7 Å². The van der Waals surface area contributed by atoms with E-state index >= 15 is 0 Å². The van der Waals surface area contributed by atoms with Crippen LogP contribution in [-0.4, -0.2) is 34.5 Å². The van der Waals surface area contributed by atoms with E-state index in [0.717, 1.165) is 38.6 Å². The molecule has 0 spiro atoms. The van der Waals surface area contributed by atoms with E-state index in [4.69, 9.17) is 0 Å². The minimum absolute atomic E-state index is 0.0523. The van der Waals surface area contributed by atoms with Crippen LogP contribution in [0.3, 0.4) is 0 Å². The average Bonchev–Trinajstić information content (AvgIpc) is 2.40. The largest absolute Gasteiger partial charge is 0.481 e. The van der Waals surface area contributed by atoms with Gasteiger partial charge in [0.05, 0.1) is 5.41 Å². The van der Waals surface area contributed by atoms with E-state index in [-0.39, 0.29) is 18.4 Å². The van der Waals surface area contributed by atoms with Crippen LogP contribution in [0.15, 0.2) is 0 Å². The molecule has 0 bridgehead atoms. The number of likely N-dealkylation sites (tertiary alicyclic amines) is 1. The zero-order chi connectivity index (χ0) is 13.9. The average molecular weight is 267 g/mol. The zero-order valence-corrected chi connectivity index (χ0v) is 11.9. The fraction of sp³-hybridized carbons (Fsp3) is 0.867. The van der Waals surface area contributed by atoms with Gasteiger partial charge in [0.25, 0.3) is 0 Å². The Labute approximate surface area is 115 Å². The second-order valence-electron chi connectivity index (χ2n) is 6.25. The van der Waals surface area contributed by atoms with Crippen LogP contribution in [0.2, 0.25) is 0 Å². The predicted molar refractivity (Wildman–Crippen MR) is 72.8 cm³/mol. The molecular formula is C15H25NO3. The fourth-order valence-electron chi connectivity index (χ4n) is 3.55. The van der Waals surface area contributed by atoms with Gasteiger partial charge in [0.15, 0.2) is 0 Å². The van der Waals surface area contributed by atoms with E-state index in [0.29, 0.717) is 12.8 Å². The number of hydrogen-bond acceptors (Lipinski definition) is 2. The van der Waals surface area contributed by atoms with E-state index in [1.165, 1.54) is 6.42 Å². The van der Waals surface area contributed by atoms with Gasteiger partial charge >= 0.3 is 5.97 Å². The predicted octanol–water partition coefficient (Wildman–Crippen LogP) is 2.81. The van der Waals surface area contributed by atoms with Gasteiger partial charge in [0.1, 0.15) is 0 Å². The highest BCUT2D eigenvalue weighted by atomic mass is 16.4. The van der Waals surface area contributed by atoms with Crippen molar-refractivity contribution in [3.63, 3.8) is 0 Å². The summed E-state index contributed by atoms with van der Waals surface area (Å²) in [6.45, 7) is 2.88. The summed E-state index contributed by atoms with van der Waals surface area (Å²) in [5, 5.41) is 9.53. The molecule has 1 heterocycles. The molecule has 1 aliphatic heterocycles. The zero-order valence-electron chi connectivity index (χ0n) is 11.9. The maximum absolute atomic E-state index is 12.4. The number of aliphatic carboxylic acids is 1. The summed E-state index contributed by atoms with van der Waals surface area (Å²) in [5.41, 5.74) is -0.785. The Bertz CT molecular complexity index is 347. The highest BCUT2D eigenvalue weighted by molar-refractivity contribution is 5.85. The maximum atomic E-state index is 12.4. The normalized spacial score (nSPS) is 27.0. The number of carboxylic acid groups (broad SMARTS) is 1. The molecule has 4 heteroatoms. The Hall–Kier alpha value is -1.06. The van der Waals surface area contributed by atoms with E-state index in [1.807, 2.05) is 4.90 Å². The third kappa shape index (κ3) is 3.10. The molecule has 1 N–H and O–H groups in total. The lowest BCUT2D eigenvalue weighted by atomic mass is 9.71. The number of hydrogen-bond donors (Lipinski definition) is 1. The topological polar surface area (TPSA) is 57.6 Å². The minimum atomic E-state index is -0.785. The van der Waals surface area contributed by atoms with Crippen LogP contribution in [-0.2, 0) is 9.59 Å². The number of carbonyl (C=O) groups is 2. The first-order chi connectivity index (χ1) is 9.05. The molecule has 2 fully saturated rings. The van der Waals surface area contributed by atoms with Crippen LogP contribution in [0.4, 0.5) is 0 Å². The van der Waals surface area contributed by atoms with Gasteiger partial charge < -0.3 is 10.0 Å². The van der Waals surface area contributed by atoms with Gasteiger partial charge in [-0.25, -0.2) is 0 Å². The monoisotopic (exact) mass is 267 g/mol.